The van der Waals surface area contributed by atoms with Gasteiger partial charge >= 0.3 is 0 Å². The minimum Gasteiger partial charge on any atom is -0.384 e. The van der Waals surface area contributed by atoms with Crippen molar-refractivity contribution in [1.82, 2.24) is 0 Å². The highest BCUT2D eigenvalue weighted by atomic mass is 32.2. The Bertz CT molecular complexity index is 369. The molecule has 0 spiro atoms. The van der Waals surface area contributed by atoms with E-state index in [0.29, 0.717) is 6.61 Å². The molecule has 0 heterocycles. The van der Waals surface area contributed by atoms with Gasteiger partial charge in [-0.15, -0.1) is 0 Å². The zero-order chi connectivity index (χ0) is 16.1. The molecule has 0 saturated carbocycles. The van der Waals surface area contributed by atoms with Crippen LogP contribution in [-0.4, -0.2) is 38.8 Å². The second-order valence-electron chi connectivity index (χ2n) is 5.20. The molecule has 0 radical (unpaired) electrons. The second kappa shape index (κ2) is 12.6. The van der Waals surface area contributed by atoms with Gasteiger partial charge in [0.25, 0.3) is 10.1 Å². The minimum absolute atomic E-state index is 0.276. The van der Waals surface area contributed by atoms with Crippen LogP contribution in [0.1, 0.15) is 58.3 Å². The van der Waals surface area contributed by atoms with Gasteiger partial charge in [-0.1, -0.05) is 38.5 Å². The predicted octanol–water partition coefficient (Wildman–Crippen LogP) is 2.91. The number of aliphatic hydroxyl groups is 1. The smallest absolute Gasteiger partial charge is 0.264 e. The number of hydrogen-bond acceptors (Lipinski definition) is 6. The third-order valence-electron chi connectivity index (χ3n) is 2.92. The molecular formula is C13H29O6PS. The van der Waals surface area contributed by atoms with E-state index in [-0.39, 0.29) is 6.61 Å². The van der Waals surface area contributed by atoms with E-state index in [1.54, 1.807) is 0 Å². The van der Waals surface area contributed by atoms with E-state index in [9.17, 15) is 13.0 Å². The molecule has 0 aromatic heterocycles. The Hall–Kier alpha value is 0.0600. The van der Waals surface area contributed by atoms with Crippen LogP contribution in [0.25, 0.3) is 0 Å². The normalized spacial score (nSPS) is 15.0. The summed E-state index contributed by atoms with van der Waals surface area (Å²) >= 11 is 0. The molecule has 0 amide bonds. The molecule has 0 bridgehead atoms. The Labute approximate surface area is 129 Å². The molecule has 0 aliphatic carbocycles. The summed E-state index contributed by atoms with van der Waals surface area (Å²) in [5.74, 6) is -0.860. The molecule has 1 N–H and O–H groups in total. The second-order valence-corrected chi connectivity index (χ2v) is 8.60. The molecule has 8 heteroatoms. The molecular weight excluding hydrogens is 315 g/mol. The first-order valence-corrected chi connectivity index (χ1v) is 10.7. The highest BCUT2D eigenvalue weighted by molar-refractivity contribution is 7.85. The lowest BCUT2D eigenvalue weighted by molar-refractivity contribution is 0.230. The van der Waals surface area contributed by atoms with Gasteiger partial charge in [-0.3, -0.25) is 8.75 Å². The monoisotopic (exact) mass is 344 g/mol. The van der Waals surface area contributed by atoms with Gasteiger partial charge < -0.3 is 9.63 Å². The summed E-state index contributed by atoms with van der Waals surface area (Å²) in [5, 5.41) is 8.99. The predicted molar refractivity (Wildman–Crippen MR) is 84.4 cm³/mol. The number of hydrogen-bond donors (Lipinski definition) is 1. The van der Waals surface area contributed by atoms with Crippen LogP contribution in [0, 0.1) is 0 Å². The van der Waals surface area contributed by atoms with Gasteiger partial charge in [0.15, 0.2) is 0 Å². The van der Waals surface area contributed by atoms with Gasteiger partial charge in [-0.05, 0) is 19.8 Å². The highest BCUT2D eigenvalue weighted by Crippen LogP contribution is 2.27. The summed E-state index contributed by atoms with van der Waals surface area (Å²) < 4.78 is 42.2. The number of unbranched alkanes of at least 4 members (excludes halogenated alkanes) is 7. The molecule has 0 aliphatic rings. The lowest BCUT2D eigenvalue weighted by atomic mass is 10.1. The molecule has 6 nitrogen and oxygen atoms in total. The van der Waals surface area contributed by atoms with Crippen molar-refractivity contribution >= 4 is 18.1 Å². The summed E-state index contributed by atoms with van der Waals surface area (Å²) in [6.07, 6.45) is 9.18. The molecule has 0 saturated heterocycles. The van der Waals surface area contributed by atoms with Crippen molar-refractivity contribution in [3.63, 3.8) is 0 Å². The largest absolute Gasteiger partial charge is 0.384 e. The quantitative estimate of drug-likeness (QED) is 0.296. The fraction of sp³-hybridized carbons (Fsp3) is 1.00. The molecule has 0 aromatic carbocycles. The first-order valence-electron chi connectivity index (χ1n) is 7.52. The number of rotatable bonds is 14. The van der Waals surface area contributed by atoms with Gasteiger partial charge in [0, 0.05) is 0 Å². The van der Waals surface area contributed by atoms with Crippen molar-refractivity contribution in [3.05, 3.63) is 0 Å². The number of aliphatic hydroxyl groups excluding tert-OH is 1. The van der Waals surface area contributed by atoms with Gasteiger partial charge in [-0.2, -0.15) is 8.42 Å². The topological polar surface area (TPSA) is 89.9 Å². The van der Waals surface area contributed by atoms with Gasteiger partial charge in [0.1, 0.15) is 5.85 Å². The van der Waals surface area contributed by atoms with E-state index < -0.39 is 24.0 Å². The Kier molecular flexibility index (Phi) is 12.6. The van der Waals surface area contributed by atoms with Crippen molar-refractivity contribution in [2.45, 2.75) is 64.1 Å². The van der Waals surface area contributed by atoms with Gasteiger partial charge in [0.05, 0.1) is 19.5 Å². The Morgan fingerprint density at radius 1 is 0.952 bits per heavy atom. The third kappa shape index (κ3) is 16.3. The van der Waals surface area contributed by atoms with Crippen molar-refractivity contribution in [2.24, 2.45) is 0 Å². The van der Waals surface area contributed by atoms with E-state index in [1.165, 1.54) is 6.92 Å². The maximum atomic E-state index is 11.1. The molecule has 0 aliphatic heterocycles. The van der Waals surface area contributed by atoms with Crippen LogP contribution >= 0.6 is 8.03 Å². The maximum absolute atomic E-state index is 11.1. The Balaban J connectivity index is 3.18. The molecule has 21 heavy (non-hydrogen) atoms. The van der Waals surface area contributed by atoms with Crippen molar-refractivity contribution < 1.29 is 26.8 Å². The van der Waals surface area contributed by atoms with Crippen molar-refractivity contribution in [1.29, 1.82) is 0 Å². The SMILES string of the molecule is CC(O)[PH](=O)OCCCCCCCCCCOS(C)(=O)=O. The first kappa shape index (κ1) is 21.1. The fourth-order valence-corrected chi connectivity index (χ4v) is 2.78. The highest BCUT2D eigenvalue weighted by Gasteiger charge is 2.05. The van der Waals surface area contributed by atoms with E-state index in [0.717, 1.165) is 57.6 Å². The fourth-order valence-electron chi connectivity index (χ4n) is 1.77. The molecule has 2 unspecified atom stereocenters. The van der Waals surface area contributed by atoms with Crippen LogP contribution < -0.4 is 0 Å². The molecule has 0 fully saturated rings. The van der Waals surface area contributed by atoms with Crippen LogP contribution in [0.15, 0.2) is 0 Å². The van der Waals surface area contributed by atoms with Crippen LogP contribution in [0.2, 0.25) is 0 Å². The summed E-state index contributed by atoms with van der Waals surface area (Å²) in [7, 11) is -5.57. The average molecular weight is 344 g/mol. The van der Waals surface area contributed by atoms with Gasteiger partial charge in [0.2, 0.25) is 8.03 Å². The minimum atomic E-state index is -3.29. The van der Waals surface area contributed by atoms with Gasteiger partial charge in [-0.25, -0.2) is 0 Å². The maximum Gasteiger partial charge on any atom is 0.264 e. The molecule has 0 aromatic rings. The van der Waals surface area contributed by atoms with E-state index in [1.807, 2.05) is 0 Å². The van der Waals surface area contributed by atoms with E-state index in [4.69, 9.17) is 9.63 Å². The van der Waals surface area contributed by atoms with Crippen molar-refractivity contribution in [2.75, 3.05) is 19.5 Å². The standard InChI is InChI=1S/C13H29O6PS/c1-13(14)20(15)18-11-9-7-5-3-4-6-8-10-12-19-21(2,16)17/h13-14,20H,3-12H2,1-2H3. The first-order chi connectivity index (χ1) is 9.83. The zero-order valence-electron chi connectivity index (χ0n) is 13.0. The van der Waals surface area contributed by atoms with Crippen LogP contribution in [0.5, 0.6) is 0 Å². The summed E-state index contributed by atoms with van der Waals surface area (Å²) in [4.78, 5) is 0. The van der Waals surface area contributed by atoms with Crippen molar-refractivity contribution in [3.8, 4) is 0 Å². The average Bonchev–Trinajstić information content (AvgIpc) is 2.38. The lowest BCUT2D eigenvalue weighted by Crippen LogP contribution is -2.03. The van der Waals surface area contributed by atoms with E-state index in [2.05, 4.69) is 4.18 Å². The molecule has 128 valence electrons. The summed E-state index contributed by atoms with van der Waals surface area (Å²) in [6, 6.07) is 0. The summed E-state index contributed by atoms with van der Waals surface area (Å²) in [6.45, 7) is 2.20. The van der Waals surface area contributed by atoms with Crippen LogP contribution in [0.3, 0.4) is 0 Å². The Morgan fingerprint density at radius 2 is 1.38 bits per heavy atom. The third-order valence-corrected chi connectivity index (χ3v) is 4.69. The zero-order valence-corrected chi connectivity index (χ0v) is 14.9. The Morgan fingerprint density at radius 3 is 1.81 bits per heavy atom. The lowest BCUT2D eigenvalue weighted by Gasteiger charge is -2.06. The molecule has 0 rings (SSSR count). The summed E-state index contributed by atoms with van der Waals surface area (Å²) in [5.41, 5.74) is 0. The molecule has 2 atom stereocenters. The van der Waals surface area contributed by atoms with Crippen LogP contribution in [0.4, 0.5) is 0 Å². The van der Waals surface area contributed by atoms with E-state index >= 15 is 0 Å². The van der Waals surface area contributed by atoms with Crippen LogP contribution in [-0.2, 0) is 23.4 Å².